The number of rotatable bonds is 9. The standard InChI is InChI=1S/C14H22N4O8.ClH/c1-7(19)23-6-12(25-9(3)21)13(26-10(4)22)11(24-8(2)20)5-17-18-14(15)16;/h5,11-13H,6H2,1-4H3,(H4,15,16,18);1H/b17-5+;/t11-,12-,13+;/m1./s1. The molecule has 0 saturated carbocycles. The Morgan fingerprint density at radius 1 is 0.889 bits per heavy atom. The van der Waals surface area contributed by atoms with E-state index in [0.717, 1.165) is 33.9 Å². The molecule has 0 aromatic rings. The average Bonchev–Trinajstić information content (AvgIpc) is 2.46. The van der Waals surface area contributed by atoms with Gasteiger partial charge in [0.2, 0.25) is 5.96 Å². The molecule has 4 N–H and O–H groups in total. The number of esters is 4. The van der Waals surface area contributed by atoms with E-state index in [2.05, 4.69) is 10.2 Å². The van der Waals surface area contributed by atoms with E-state index in [0.29, 0.717) is 0 Å². The van der Waals surface area contributed by atoms with Gasteiger partial charge in [-0.05, 0) is 0 Å². The average molecular weight is 411 g/mol. The number of carbonyl (C=O) groups is 4. The zero-order chi connectivity index (χ0) is 20.3. The van der Waals surface area contributed by atoms with Crippen molar-refractivity contribution in [2.45, 2.75) is 46.0 Å². The molecular weight excluding hydrogens is 388 g/mol. The summed E-state index contributed by atoms with van der Waals surface area (Å²) in [5.41, 5.74) is 10.3. The van der Waals surface area contributed by atoms with Crippen LogP contribution in [0.5, 0.6) is 0 Å². The number of guanidine groups is 1. The van der Waals surface area contributed by atoms with Gasteiger partial charge in [-0.2, -0.15) is 5.10 Å². The summed E-state index contributed by atoms with van der Waals surface area (Å²) in [6.45, 7) is 3.96. The van der Waals surface area contributed by atoms with Crippen LogP contribution in [0.15, 0.2) is 10.2 Å². The molecule has 3 atom stereocenters. The van der Waals surface area contributed by atoms with Gasteiger partial charge in [0, 0.05) is 27.7 Å². The van der Waals surface area contributed by atoms with Gasteiger partial charge in [0.05, 0.1) is 6.21 Å². The van der Waals surface area contributed by atoms with E-state index < -0.39 is 48.8 Å². The van der Waals surface area contributed by atoms with Crippen LogP contribution in [0, 0.1) is 0 Å². The lowest BCUT2D eigenvalue weighted by Crippen LogP contribution is -2.48. The third-order valence-corrected chi connectivity index (χ3v) is 2.45. The molecule has 13 heteroatoms. The Morgan fingerprint density at radius 2 is 1.41 bits per heavy atom. The van der Waals surface area contributed by atoms with Crippen LogP contribution in [0.1, 0.15) is 27.7 Å². The van der Waals surface area contributed by atoms with Crippen LogP contribution in [0.3, 0.4) is 0 Å². The Balaban J connectivity index is 0. The minimum Gasteiger partial charge on any atom is -0.462 e. The Bertz CT molecular complexity index is 592. The smallest absolute Gasteiger partial charge is 0.303 e. The van der Waals surface area contributed by atoms with E-state index in [4.69, 9.17) is 30.4 Å². The van der Waals surface area contributed by atoms with E-state index in [1.807, 2.05) is 0 Å². The van der Waals surface area contributed by atoms with Gasteiger partial charge in [0.1, 0.15) is 6.61 Å². The normalized spacial score (nSPS) is 13.3. The second-order valence-corrected chi connectivity index (χ2v) is 4.89. The van der Waals surface area contributed by atoms with E-state index >= 15 is 0 Å². The molecule has 0 aliphatic rings. The zero-order valence-corrected chi connectivity index (χ0v) is 16.1. The van der Waals surface area contributed by atoms with Crippen LogP contribution >= 0.6 is 12.4 Å². The van der Waals surface area contributed by atoms with Crippen molar-refractivity contribution < 1.29 is 38.1 Å². The lowest BCUT2D eigenvalue weighted by atomic mass is 10.1. The van der Waals surface area contributed by atoms with E-state index in [1.54, 1.807) is 0 Å². The van der Waals surface area contributed by atoms with Crippen LogP contribution < -0.4 is 11.5 Å². The highest BCUT2D eigenvalue weighted by Gasteiger charge is 2.37. The first-order chi connectivity index (χ1) is 12.0. The number of carbonyl (C=O) groups excluding carboxylic acids is 4. The van der Waals surface area contributed by atoms with Crippen molar-refractivity contribution in [2.24, 2.45) is 21.7 Å². The van der Waals surface area contributed by atoms with Crippen molar-refractivity contribution in [1.29, 1.82) is 0 Å². The molecule has 154 valence electrons. The van der Waals surface area contributed by atoms with Gasteiger partial charge < -0.3 is 30.4 Å². The Labute approximate surface area is 161 Å². The second kappa shape index (κ2) is 13.3. The quantitative estimate of drug-likeness (QED) is 0.157. The van der Waals surface area contributed by atoms with Crippen molar-refractivity contribution in [3.63, 3.8) is 0 Å². The number of nitrogens with zero attached hydrogens (tertiary/aromatic N) is 2. The van der Waals surface area contributed by atoms with Crippen molar-refractivity contribution in [3.05, 3.63) is 0 Å². The Hall–Kier alpha value is -2.89. The molecule has 0 rings (SSSR count). The molecule has 0 unspecified atom stereocenters. The maximum Gasteiger partial charge on any atom is 0.303 e. The second-order valence-electron chi connectivity index (χ2n) is 4.89. The minimum atomic E-state index is -1.38. The minimum absolute atomic E-state index is 0. The largest absolute Gasteiger partial charge is 0.462 e. The molecule has 0 aliphatic carbocycles. The predicted octanol–water partition coefficient (Wildman–Crippen LogP) is -0.974. The van der Waals surface area contributed by atoms with E-state index in [1.165, 1.54) is 0 Å². The van der Waals surface area contributed by atoms with Gasteiger partial charge in [0.25, 0.3) is 0 Å². The zero-order valence-electron chi connectivity index (χ0n) is 15.2. The Kier molecular flexibility index (Phi) is 13.0. The van der Waals surface area contributed by atoms with Crippen molar-refractivity contribution in [3.8, 4) is 0 Å². The van der Waals surface area contributed by atoms with E-state index in [9.17, 15) is 19.2 Å². The van der Waals surface area contributed by atoms with Crippen LogP contribution in [0.2, 0.25) is 0 Å². The van der Waals surface area contributed by atoms with Gasteiger partial charge in [-0.3, -0.25) is 19.2 Å². The fourth-order valence-electron chi connectivity index (χ4n) is 1.69. The number of hydrogen-bond donors (Lipinski definition) is 2. The topological polar surface area (TPSA) is 182 Å². The molecule has 0 aliphatic heterocycles. The maximum absolute atomic E-state index is 11.4. The molecular formula is C14H23ClN4O8. The van der Waals surface area contributed by atoms with Crippen LogP contribution in [-0.2, 0) is 38.1 Å². The van der Waals surface area contributed by atoms with E-state index in [-0.39, 0.29) is 18.4 Å². The third-order valence-electron chi connectivity index (χ3n) is 2.45. The predicted molar refractivity (Wildman–Crippen MR) is 94.8 cm³/mol. The van der Waals surface area contributed by atoms with Crippen molar-refractivity contribution >= 4 is 48.5 Å². The molecule has 0 fully saturated rings. The number of halogens is 1. The SMILES string of the molecule is CC(=O)OC[C@@H](OC(C)=O)[C@@H](OC(C)=O)[C@@H](/C=N/N=C(N)N)OC(C)=O.Cl. The van der Waals surface area contributed by atoms with Gasteiger partial charge in [0.15, 0.2) is 18.3 Å². The summed E-state index contributed by atoms with van der Waals surface area (Å²) in [7, 11) is 0. The summed E-state index contributed by atoms with van der Waals surface area (Å²) in [5, 5.41) is 6.85. The van der Waals surface area contributed by atoms with Crippen molar-refractivity contribution in [1.82, 2.24) is 0 Å². The van der Waals surface area contributed by atoms with Gasteiger partial charge >= 0.3 is 23.9 Å². The van der Waals surface area contributed by atoms with Gasteiger partial charge in [-0.1, -0.05) is 0 Å². The number of nitrogens with two attached hydrogens (primary N) is 2. The Morgan fingerprint density at radius 3 is 1.81 bits per heavy atom. The molecule has 0 radical (unpaired) electrons. The van der Waals surface area contributed by atoms with Crippen molar-refractivity contribution in [2.75, 3.05) is 6.61 Å². The number of hydrogen-bond acceptors (Lipinski definition) is 10. The highest BCUT2D eigenvalue weighted by molar-refractivity contribution is 5.85. The summed E-state index contributed by atoms with van der Waals surface area (Å²) in [5.74, 6) is -3.31. The fraction of sp³-hybridized carbons (Fsp3) is 0.571. The van der Waals surface area contributed by atoms with Crippen LogP contribution in [0.4, 0.5) is 0 Å². The summed E-state index contributed by atoms with van der Waals surface area (Å²) < 4.78 is 19.9. The summed E-state index contributed by atoms with van der Waals surface area (Å²) in [4.78, 5) is 45.2. The molecule has 12 nitrogen and oxygen atoms in total. The molecule has 0 aromatic carbocycles. The summed E-state index contributed by atoms with van der Waals surface area (Å²) in [6.07, 6.45) is -3.02. The molecule has 0 spiro atoms. The maximum atomic E-state index is 11.4. The molecule has 0 bridgehead atoms. The lowest BCUT2D eigenvalue weighted by Gasteiger charge is -2.29. The molecule has 0 amide bonds. The summed E-state index contributed by atoms with van der Waals surface area (Å²) >= 11 is 0. The van der Waals surface area contributed by atoms with Gasteiger partial charge in [-0.15, -0.1) is 17.5 Å². The van der Waals surface area contributed by atoms with Crippen LogP contribution in [-0.4, -0.2) is 61.0 Å². The highest BCUT2D eigenvalue weighted by atomic mass is 35.5. The first-order valence-electron chi connectivity index (χ1n) is 7.30. The molecule has 0 heterocycles. The highest BCUT2D eigenvalue weighted by Crippen LogP contribution is 2.14. The third kappa shape index (κ3) is 13.0. The molecule has 0 aromatic heterocycles. The first kappa shape index (κ1) is 26.3. The fourth-order valence-corrected chi connectivity index (χ4v) is 1.69. The first-order valence-corrected chi connectivity index (χ1v) is 7.30. The summed E-state index contributed by atoms with van der Waals surface area (Å²) in [6, 6.07) is 0. The molecule has 0 saturated heterocycles. The lowest BCUT2D eigenvalue weighted by molar-refractivity contribution is -0.183. The molecule has 27 heavy (non-hydrogen) atoms. The number of ether oxygens (including phenoxy) is 4. The van der Waals surface area contributed by atoms with Gasteiger partial charge in [-0.25, -0.2) is 0 Å². The monoisotopic (exact) mass is 410 g/mol. The van der Waals surface area contributed by atoms with Crippen LogP contribution in [0.25, 0.3) is 0 Å².